The van der Waals surface area contributed by atoms with Gasteiger partial charge in [0.05, 0.1) is 32.5 Å². The molecule has 3 atom stereocenters. The number of methoxy groups -OCH3 is 1. The molecule has 5 nitrogen and oxygen atoms in total. The fraction of sp³-hybridized carbons (Fsp3) is 0.632. The first kappa shape index (κ1) is 17.2. The maximum Gasteiger partial charge on any atom is 0.254 e. The quantitative estimate of drug-likeness (QED) is 0.922. The number of carbonyl (C=O) groups excluding carboxylic acids is 1. The molecule has 0 spiro atoms. The molecule has 1 saturated carbocycles. The van der Waals surface area contributed by atoms with E-state index in [1.165, 1.54) is 0 Å². The van der Waals surface area contributed by atoms with Crippen LogP contribution in [0.3, 0.4) is 0 Å². The lowest BCUT2D eigenvalue weighted by atomic mass is 9.93. The summed E-state index contributed by atoms with van der Waals surface area (Å²) in [6, 6.07) is 3.75. The van der Waals surface area contributed by atoms with Crippen LogP contribution in [0.25, 0.3) is 0 Å². The van der Waals surface area contributed by atoms with Crippen molar-refractivity contribution in [2.45, 2.75) is 45.3 Å². The Morgan fingerprint density at radius 2 is 2.00 bits per heavy atom. The average Bonchev–Trinajstić information content (AvgIpc) is 2.99. The normalized spacial score (nSPS) is 27.3. The van der Waals surface area contributed by atoms with Gasteiger partial charge in [0.2, 0.25) is 0 Å². The van der Waals surface area contributed by atoms with Crippen LogP contribution in [0, 0.1) is 19.8 Å². The molecule has 1 aliphatic heterocycles. The van der Waals surface area contributed by atoms with Gasteiger partial charge in [0.15, 0.2) is 0 Å². The number of rotatable bonds is 3. The molecule has 1 aliphatic carbocycles. The van der Waals surface area contributed by atoms with E-state index in [1.807, 2.05) is 30.9 Å². The predicted molar refractivity (Wildman–Crippen MR) is 91.5 cm³/mol. The van der Waals surface area contributed by atoms with Crippen molar-refractivity contribution in [1.29, 1.82) is 0 Å². The average molecular weight is 333 g/mol. The molecule has 0 bridgehead atoms. The van der Waals surface area contributed by atoms with Crippen LogP contribution in [-0.2, 0) is 4.74 Å². The Hall–Kier alpha value is -1.59. The highest BCUT2D eigenvalue weighted by Crippen LogP contribution is 2.33. The van der Waals surface area contributed by atoms with E-state index < -0.39 is 0 Å². The van der Waals surface area contributed by atoms with Crippen molar-refractivity contribution in [3.8, 4) is 5.75 Å². The number of benzene rings is 1. The van der Waals surface area contributed by atoms with E-state index in [9.17, 15) is 9.90 Å². The Labute approximate surface area is 143 Å². The van der Waals surface area contributed by atoms with Gasteiger partial charge in [-0.25, -0.2) is 0 Å². The van der Waals surface area contributed by atoms with Crippen molar-refractivity contribution in [2.75, 3.05) is 26.9 Å². The molecule has 0 radical (unpaired) electrons. The van der Waals surface area contributed by atoms with E-state index in [-0.39, 0.29) is 24.0 Å². The highest BCUT2D eigenvalue weighted by Gasteiger charge is 2.39. The number of ether oxygens (including phenoxy) is 2. The van der Waals surface area contributed by atoms with Gasteiger partial charge < -0.3 is 19.5 Å². The number of aliphatic hydroxyl groups excluding tert-OH is 1. The van der Waals surface area contributed by atoms with Crippen LogP contribution in [0.4, 0.5) is 0 Å². The SMILES string of the molecule is COc1c(C)cc(C(=O)N2CCOC[C@@H]2[C@@H]2CCC[C@H]2O)cc1C. The molecule has 1 heterocycles. The molecule has 132 valence electrons. The van der Waals surface area contributed by atoms with E-state index in [1.54, 1.807) is 7.11 Å². The number of amides is 1. The zero-order valence-corrected chi connectivity index (χ0v) is 14.7. The highest BCUT2D eigenvalue weighted by molar-refractivity contribution is 5.95. The van der Waals surface area contributed by atoms with Gasteiger partial charge in [0.25, 0.3) is 5.91 Å². The minimum absolute atomic E-state index is 0.0243. The summed E-state index contributed by atoms with van der Waals surface area (Å²) in [4.78, 5) is 15.0. The van der Waals surface area contributed by atoms with Gasteiger partial charge in [0.1, 0.15) is 5.75 Å². The summed E-state index contributed by atoms with van der Waals surface area (Å²) in [6.45, 7) is 5.57. The molecular formula is C19H27NO4. The Balaban J connectivity index is 1.87. The summed E-state index contributed by atoms with van der Waals surface area (Å²) < 4.78 is 11.0. The fourth-order valence-electron chi connectivity index (χ4n) is 4.21. The summed E-state index contributed by atoms with van der Waals surface area (Å²) in [5.41, 5.74) is 2.61. The van der Waals surface area contributed by atoms with E-state index in [0.717, 1.165) is 36.1 Å². The molecule has 2 aliphatic rings. The molecule has 0 unspecified atom stereocenters. The first-order valence-electron chi connectivity index (χ1n) is 8.75. The van der Waals surface area contributed by atoms with E-state index in [4.69, 9.17) is 9.47 Å². The van der Waals surface area contributed by atoms with Gasteiger partial charge in [0, 0.05) is 18.0 Å². The van der Waals surface area contributed by atoms with Crippen LogP contribution in [0.2, 0.25) is 0 Å². The zero-order valence-electron chi connectivity index (χ0n) is 14.7. The molecule has 1 amide bonds. The smallest absolute Gasteiger partial charge is 0.254 e. The molecule has 1 aromatic rings. The molecule has 1 aromatic carbocycles. The molecule has 2 fully saturated rings. The van der Waals surface area contributed by atoms with E-state index in [2.05, 4.69) is 0 Å². The number of hydrogen-bond donors (Lipinski definition) is 1. The van der Waals surface area contributed by atoms with Crippen molar-refractivity contribution in [3.05, 3.63) is 28.8 Å². The van der Waals surface area contributed by atoms with Crippen molar-refractivity contribution in [1.82, 2.24) is 4.90 Å². The molecule has 3 rings (SSSR count). The fourth-order valence-corrected chi connectivity index (χ4v) is 4.21. The summed E-state index contributed by atoms with van der Waals surface area (Å²) in [5, 5.41) is 10.3. The van der Waals surface area contributed by atoms with Crippen molar-refractivity contribution in [3.63, 3.8) is 0 Å². The maximum atomic E-state index is 13.1. The number of aliphatic hydroxyl groups is 1. The number of morpholine rings is 1. The highest BCUT2D eigenvalue weighted by atomic mass is 16.5. The minimum Gasteiger partial charge on any atom is -0.496 e. The van der Waals surface area contributed by atoms with Crippen molar-refractivity contribution >= 4 is 5.91 Å². The van der Waals surface area contributed by atoms with Crippen LogP contribution in [0.1, 0.15) is 40.7 Å². The standard InChI is InChI=1S/C19H27NO4/c1-12-9-14(10-13(2)18(12)23-3)19(22)20-7-8-24-11-16(20)15-5-4-6-17(15)21/h9-10,15-17,21H,4-8,11H2,1-3H3/t15-,16+,17+/m0/s1. The van der Waals surface area contributed by atoms with Gasteiger partial charge in [-0.05, 0) is 49.9 Å². The van der Waals surface area contributed by atoms with Gasteiger partial charge >= 0.3 is 0 Å². The number of nitrogens with zero attached hydrogens (tertiary/aromatic N) is 1. The summed E-state index contributed by atoms with van der Waals surface area (Å²) in [6.07, 6.45) is 2.47. The lowest BCUT2D eigenvalue weighted by Crippen LogP contribution is -2.53. The lowest BCUT2D eigenvalue weighted by molar-refractivity contribution is -0.0383. The Kier molecular flexibility index (Phi) is 5.11. The van der Waals surface area contributed by atoms with Crippen LogP contribution < -0.4 is 4.74 Å². The predicted octanol–water partition coefficient (Wildman–Crippen LogP) is 2.31. The minimum atomic E-state index is -0.327. The monoisotopic (exact) mass is 333 g/mol. The molecule has 0 aromatic heterocycles. The molecule has 1 saturated heterocycles. The van der Waals surface area contributed by atoms with Gasteiger partial charge in [-0.15, -0.1) is 0 Å². The third-order valence-corrected chi connectivity index (χ3v) is 5.36. The molecular weight excluding hydrogens is 306 g/mol. The zero-order chi connectivity index (χ0) is 17.3. The van der Waals surface area contributed by atoms with Crippen LogP contribution in [-0.4, -0.2) is 54.9 Å². The van der Waals surface area contributed by atoms with Crippen molar-refractivity contribution < 1.29 is 19.4 Å². The Morgan fingerprint density at radius 3 is 2.58 bits per heavy atom. The third-order valence-electron chi connectivity index (χ3n) is 5.36. The molecule has 24 heavy (non-hydrogen) atoms. The Bertz CT molecular complexity index is 592. The lowest BCUT2D eigenvalue weighted by Gasteiger charge is -2.40. The first-order valence-corrected chi connectivity index (χ1v) is 8.75. The largest absolute Gasteiger partial charge is 0.496 e. The van der Waals surface area contributed by atoms with Gasteiger partial charge in [-0.3, -0.25) is 4.79 Å². The summed E-state index contributed by atoms with van der Waals surface area (Å²) in [5.74, 6) is 0.974. The van der Waals surface area contributed by atoms with E-state index >= 15 is 0 Å². The Morgan fingerprint density at radius 1 is 1.29 bits per heavy atom. The number of aryl methyl sites for hydroxylation is 2. The second-order valence-electron chi connectivity index (χ2n) is 6.95. The van der Waals surface area contributed by atoms with Crippen LogP contribution >= 0.6 is 0 Å². The number of hydrogen-bond acceptors (Lipinski definition) is 4. The second kappa shape index (κ2) is 7.11. The maximum absolute atomic E-state index is 13.1. The van der Waals surface area contributed by atoms with Gasteiger partial charge in [-0.2, -0.15) is 0 Å². The van der Waals surface area contributed by atoms with Crippen molar-refractivity contribution in [2.24, 2.45) is 5.92 Å². The third kappa shape index (κ3) is 3.15. The summed E-state index contributed by atoms with van der Waals surface area (Å²) in [7, 11) is 1.65. The first-order chi connectivity index (χ1) is 11.5. The molecule has 5 heteroatoms. The van der Waals surface area contributed by atoms with E-state index in [0.29, 0.717) is 25.3 Å². The second-order valence-corrected chi connectivity index (χ2v) is 6.95. The van der Waals surface area contributed by atoms with Crippen LogP contribution in [0.15, 0.2) is 12.1 Å². The van der Waals surface area contributed by atoms with Gasteiger partial charge in [-0.1, -0.05) is 6.42 Å². The van der Waals surface area contributed by atoms with Crippen LogP contribution in [0.5, 0.6) is 5.75 Å². The number of carbonyl (C=O) groups is 1. The topological polar surface area (TPSA) is 59.0 Å². The summed E-state index contributed by atoms with van der Waals surface area (Å²) >= 11 is 0. The molecule has 1 N–H and O–H groups in total.